The molecule has 2 nitrogen and oxygen atoms in total. The maximum absolute atomic E-state index is 4.02. The highest BCUT2D eigenvalue weighted by molar-refractivity contribution is 5.88. The van der Waals surface area contributed by atoms with Crippen LogP contribution in [0.15, 0.2) is 108 Å². The number of benzene rings is 2. The Morgan fingerprint density at radius 3 is 2.39 bits per heavy atom. The summed E-state index contributed by atoms with van der Waals surface area (Å²) in [7, 11) is 0. The van der Waals surface area contributed by atoms with Crippen molar-refractivity contribution >= 4 is 22.5 Å². The second kappa shape index (κ2) is 10.4. The summed E-state index contributed by atoms with van der Waals surface area (Å²) in [5.74, 6) is 1.08. The highest BCUT2D eigenvalue weighted by Crippen LogP contribution is 2.55. The number of hydrogen-bond acceptors (Lipinski definition) is 2. The molecular weight excluding hydrogens is 532 g/mol. The van der Waals surface area contributed by atoms with Crippen molar-refractivity contribution in [3.63, 3.8) is 0 Å². The van der Waals surface area contributed by atoms with Crippen molar-refractivity contribution in [1.82, 2.24) is 5.32 Å². The molecule has 8 rings (SSSR count). The van der Waals surface area contributed by atoms with E-state index in [2.05, 4.69) is 129 Å². The van der Waals surface area contributed by atoms with Gasteiger partial charge < -0.3 is 10.6 Å². The number of rotatable bonds is 5. The monoisotopic (exact) mass is 578 g/mol. The first-order valence-corrected chi connectivity index (χ1v) is 17.0. The Kier molecular flexibility index (Phi) is 6.56. The zero-order valence-electron chi connectivity index (χ0n) is 26.8. The molecule has 2 N–H and O–H groups in total. The smallest absolute Gasteiger partial charge is 0.0507 e. The van der Waals surface area contributed by atoms with Gasteiger partial charge >= 0.3 is 0 Å². The molecule has 2 aromatic carbocycles. The lowest BCUT2D eigenvalue weighted by molar-refractivity contribution is 0.381. The number of anilines is 2. The summed E-state index contributed by atoms with van der Waals surface area (Å²) in [5.41, 5.74) is 15.8. The predicted molar refractivity (Wildman–Crippen MR) is 187 cm³/mol. The van der Waals surface area contributed by atoms with Crippen molar-refractivity contribution in [2.75, 3.05) is 5.32 Å². The van der Waals surface area contributed by atoms with E-state index >= 15 is 0 Å². The van der Waals surface area contributed by atoms with E-state index in [1.807, 2.05) is 0 Å². The fraction of sp³-hybridized carbons (Fsp3) is 0.381. The van der Waals surface area contributed by atoms with Gasteiger partial charge in [-0.15, -0.1) is 0 Å². The SMILES string of the molecule is CC1(C)C2=C(C=CCC2)c2ccc(Nc3ccc4c(c3)C(C)(C)C3CC(NC5C=CCCC5C5=CC=CCC5)=CC=C43)cc21. The molecule has 2 heteroatoms. The third kappa shape index (κ3) is 4.44. The minimum Gasteiger partial charge on any atom is -0.382 e. The van der Waals surface area contributed by atoms with Gasteiger partial charge in [0.2, 0.25) is 0 Å². The van der Waals surface area contributed by atoms with E-state index in [1.165, 1.54) is 82.6 Å². The molecule has 0 saturated heterocycles. The summed E-state index contributed by atoms with van der Waals surface area (Å²) in [6, 6.07) is 14.5. The molecule has 0 heterocycles. The Labute approximate surface area is 264 Å². The lowest BCUT2D eigenvalue weighted by Crippen LogP contribution is -2.38. The van der Waals surface area contributed by atoms with E-state index in [0.29, 0.717) is 17.9 Å². The van der Waals surface area contributed by atoms with Crippen molar-refractivity contribution in [2.45, 2.75) is 89.5 Å². The number of fused-ring (bicyclic) bond motifs is 5. The second-order valence-electron chi connectivity index (χ2n) is 14.9. The molecule has 0 fully saturated rings. The van der Waals surface area contributed by atoms with Gasteiger partial charge in [-0.3, -0.25) is 0 Å². The van der Waals surface area contributed by atoms with Gasteiger partial charge in [-0.05, 0) is 120 Å². The zero-order valence-corrected chi connectivity index (χ0v) is 26.8. The van der Waals surface area contributed by atoms with Crippen LogP contribution in [0, 0.1) is 11.8 Å². The van der Waals surface area contributed by atoms with Crippen molar-refractivity contribution in [3.8, 4) is 0 Å². The van der Waals surface area contributed by atoms with Crippen molar-refractivity contribution < 1.29 is 0 Å². The first kappa shape index (κ1) is 27.7. The Bertz CT molecular complexity index is 1750. The summed E-state index contributed by atoms with van der Waals surface area (Å²) in [6.07, 6.45) is 29.4. The minimum atomic E-state index is 0.0633. The van der Waals surface area contributed by atoms with Crippen molar-refractivity contribution in [1.29, 1.82) is 0 Å². The van der Waals surface area contributed by atoms with Gasteiger partial charge in [-0.1, -0.05) is 99.6 Å². The molecule has 3 atom stereocenters. The van der Waals surface area contributed by atoms with Crippen molar-refractivity contribution in [2.24, 2.45) is 11.8 Å². The van der Waals surface area contributed by atoms with Crippen LogP contribution in [0.4, 0.5) is 11.4 Å². The number of hydrogen-bond donors (Lipinski definition) is 2. The molecule has 0 radical (unpaired) electrons. The molecular formula is C42H46N2. The van der Waals surface area contributed by atoms with Gasteiger partial charge in [0.05, 0.1) is 6.04 Å². The first-order chi connectivity index (χ1) is 21.3. The summed E-state index contributed by atoms with van der Waals surface area (Å²) in [4.78, 5) is 0. The van der Waals surface area contributed by atoms with Gasteiger partial charge in [0.15, 0.2) is 0 Å². The summed E-state index contributed by atoms with van der Waals surface area (Å²) < 4.78 is 0. The standard InChI is InChI=1S/C42H46N2/c1-41(2)36-16-10-8-15-32(36)33-21-18-28(24-37(33)41)43-29-19-22-34-35-23-20-30(26-39(35)42(3,4)38(34)25-29)44-40-17-11-9-14-31(40)27-12-6-5-7-13-27/h5-6,8,11-12,15,17-25,31,39-40,43-44H,7,9-10,13-14,16,26H2,1-4H3. The Hall–Kier alpha value is -3.78. The predicted octanol–water partition coefficient (Wildman–Crippen LogP) is 10.6. The Morgan fingerprint density at radius 1 is 0.773 bits per heavy atom. The fourth-order valence-electron chi connectivity index (χ4n) is 9.14. The van der Waals surface area contributed by atoms with Crippen LogP contribution in [0.3, 0.4) is 0 Å². The van der Waals surface area contributed by atoms with E-state index in [9.17, 15) is 0 Å². The van der Waals surface area contributed by atoms with E-state index in [0.717, 1.165) is 12.8 Å². The van der Waals surface area contributed by atoms with Crippen LogP contribution in [0.1, 0.15) is 94.9 Å². The molecule has 0 saturated carbocycles. The Morgan fingerprint density at radius 2 is 1.57 bits per heavy atom. The molecule has 0 aliphatic heterocycles. The quantitative estimate of drug-likeness (QED) is 0.345. The Balaban J connectivity index is 1.03. The molecule has 6 aliphatic carbocycles. The van der Waals surface area contributed by atoms with Gasteiger partial charge in [-0.2, -0.15) is 0 Å². The molecule has 2 aromatic rings. The van der Waals surface area contributed by atoms with Crippen LogP contribution in [0.5, 0.6) is 0 Å². The fourth-order valence-corrected chi connectivity index (χ4v) is 9.14. The molecule has 3 unspecified atom stereocenters. The first-order valence-electron chi connectivity index (χ1n) is 17.0. The number of allylic oxidation sites excluding steroid dienone is 12. The topological polar surface area (TPSA) is 24.1 Å². The van der Waals surface area contributed by atoms with Gasteiger partial charge in [0.25, 0.3) is 0 Å². The lowest BCUT2D eigenvalue weighted by Gasteiger charge is -2.36. The second-order valence-corrected chi connectivity index (χ2v) is 14.9. The lowest BCUT2D eigenvalue weighted by atomic mass is 9.73. The average Bonchev–Trinajstić information content (AvgIpc) is 3.41. The molecule has 0 amide bonds. The van der Waals surface area contributed by atoms with E-state index in [-0.39, 0.29) is 10.8 Å². The highest BCUT2D eigenvalue weighted by Gasteiger charge is 2.44. The van der Waals surface area contributed by atoms with Crippen LogP contribution in [0.2, 0.25) is 0 Å². The maximum atomic E-state index is 4.02. The molecule has 0 spiro atoms. The molecule has 0 aromatic heterocycles. The zero-order chi connectivity index (χ0) is 30.1. The van der Waals surface area contributed by atoms with Crippen molar-refractivity contribution in [3.05, 3.63) is 130 Å². The van der Waals surface area contributed by atoms with Crippen LogP contribution < -0.4 is 10.6 Å². The molecule has 44 heavy (non-hydrogen) atoms. The maximum Gasteiger partial charge on any atom is 0.0507 e. The van der Waals surface area contributed by atoms with Gasteiger partial charge in [-0.25, -0.2) is 0 Å². The molecule has 224 valence electrons. The van der Waals surface area contributed by atoms with E-state index < -0.39 is 0 Å². The van der Waals surface area contributed by atoms with Gasteiger partial charge in [0, 0.05) is 28.4 Å². The summed E-state index contributed by atoms with van der Waals surface area (Å²) in [6.45, 7) is 9.70. The van der Waals surface area contributed by atoms with Crippen LogP contribution in [-0.4, -0.2) is 6.04 Å². The summed E-state index contributed by atoms with van der Waals surface area (Å²) in [5, 5.41) is 7.82. The molecule has 0 bridgehead atoms. The summed E-state index contributed by atoms with van der Waals surface area (Å²) >= 11 is 0. The largest absolute Gasteiger partial charge is 0.382 e. The van der Waals surface area contributed by atoms with Gasteiger partial charge in [0.1, 0.15) is 0 Å². The minimum absolute atomic E-state index is 0.0633. The number of nitrogens with one attached hydrogen (secondary N) is 2. The highest BCUT2D eigenvalue weighted by atomic mass is 14.9. The third-order valence-corrected chi connectivity index (χ3v) is 11.7. The third-order valence-electron chi connectivity index (χ3n) is 11.7. The van der Waals surface area contributed by atoms with E-state index in [1.54, 1.807) is 11.1 Å². The normalized spacial score (nSPS) is 27.1. The van der Waals surface area contributed by atoms with E-state index in [4.69, 9.17) is 0 Å². The molecule has 6 aliphatic rings. The van der Waals surface area contributed by atoms with Crippen LogP contribution in [0.25, 0.3) is 11.1 Å². The van der Waals surface area contributed by atoms with Crippen LogP contribution >= 0.6 is 0 Å². The average molecular weight is 579 g/mol. The van der Waals surface area contributed by atoms with Crippen LogP contribution in [-0.2, 0) is 10.8 Å².